The number of aliphatic imine (C=N–C) groups is 1. The largest absolute Gasteiger partial charge is 0.293 e. The molecular formula is C24H28N2O2. The van der Waals surface area contributed by atoms with Crippen LogP contribution < -0.4 is 0 Å². The van der Waals surface area contributed by atoms with Crippen molar-refractivity contribution in [2.45, 2.75) is 52.1 Å². The van der Waals surface area contributed by atoms with Crippen LogP contribution in [0.2, 0.25) is 0 Å². The zero-order chi connectivity index (χ0) is 20.1. The van der Waals surface area contributed by atoms with E-state index >= 15 is 0 Å². The fourth-order valence-electron chi connectivity index (χ4n) is 3.45. The summed E-state index contributed by atoms with van der Waals surface area (Å²) in [5.41, 5.74) is 2.27. The Labute approximate surface area is 167 Å². The van der Waals surface area contributed by atoms with Crippen LogP contribution in [0.25, 0.3) is 0 Å². The first-order chi connectivity index (χ1) is 13.5. The smallest absolute Gasteiger partial charge is 0.261 e. The fraction of sp³-hybridized carbons (Fsp3) is 0.375. The second-order valence-electron chi connectivity index (χ2n) is 7.90. The molecular weight excluding hydrogens is 348 g/mol. The van der Waals surface area contributed by atoms with E-state index in [1.165, 1.54) is 4.90 Å². The molecule has 0 aliphatic carbocycles. The highest BCUT2D eigenvalue weighted by Crippen LogP contribution is 2.29. The third kappa shape index (κ3) is 4.56. The molecule has 0 saturated heterocycles. The predicted molar refractivity (Wildman–Crippen MR) is 113 cm³/mol. The number of benzene rings is 2. The number of hydrogen-bond donors (Lipinski definition) is 0. The van der Waals surface area contributed by atoms with Crippen molar-refractivity contribution in [1.82, 2.24) is 4.90 Å². The van der Waals surface area contributed by atoms with Gasteiger partial charge in [-0.3, -0.25) is 19.5 Å². The van der Waals surface area contributed by atoms with Crippen molar-refractivity contribution in [3.8, 4) is 0 Å². The van der Waals surface area contributed by atoms with Gasteiger partial charge < -0.3 is 0 Å². The van der Waals surface area contributed by atoms with Crippen LogP contribution in [-0.4, -0.2) is 29.0 Å². The number of hydrogen-bond acceptors (Lipinski definition) is 3. The van der Waals surface area contributed by atoms with Gasteiger partial charge in [-0.25, -0.2) is 0 Å². The van der Waals surface area contributed by atoms with E-state index in [2.05, 4.69) is 25.8 Å². The molecule has 0 aromatic heterocycles. The van der Waals surface area contributed by atoms with Crippen LogP contribution in [0, 0.1) is 5.92 Å². The summed E-state index contributed by atoms with van der Waals surface area (Å²) in [6.07, 6.45) is 3.84. The second kappa shape index (κ2) is 8.96. The molecule has 2 atom stereocenters. The van der Waals surface area contributed by atoms with Crippen LogP contribution in [0.5, 0.6) is 0 Å². The lowest BCUT2D eigenvalue weighted by Gasteiger charge is -2.31. The van der Waals surface area contributed by atoms with Crippen LogP contribution in [0.3, 0.4) is 0 Å². The predicted octanol–water partition coefficient (Wildman–Crippen LogP) is 4.85. The van der Waals surface area contributed by atoms with Gasteiger partial charge in [0.15, 0.2) is 0 Å². The normalized spacial score (nSPS) is 18.0. The minimum absolute atomic E-state index is 0.155. The Bertz CT molecular complexity index is 858. The number of carbonyl (C=O) groups is 2. The molecule has 2 amide bonds. The standard InChI is InChI=1S/C24H28N2O2/c1-17(2)13-14-18(3)25-15-22-20-11-7-8-12-21(20)23(27)26(24(22)28)16-19-9-5-4-6-10-19/h4-12,15,17-18,22H,13-14,16H2,1-3H3/t18-,22?/m1/s1. The van der Waals surface area contributed by atoms with Gasteiger partial charge in [-0.2, -0.15) is 0 Å². The molecule has 1 aliphatic rings. The van der Waals surface area contributed by atoms with E-state index in [9.17, 15) is 9.59 Å². The van der Waals surface area contributed by atoms with Gasteiger partial charge in [-0.1, -0.05) is 62.4 Å². The molecule has 3 rings (SSSR count). The molecule has 0 fully saturated rings. The Morgan fingerprint density at radius 1 is 0.964 bits per heavy atom. The molecule has 0 N–H and O–H groups in total. The van der Waals surface area contributed by atoms with Crippen LogP contribution in [0.1, 0.15) is 61.0 Å². The van der Waals surface area contributed by atoms with Crippen molar-refractivity contribution in [2.75, 3.05) is 0 Å². The van der Waals surface area contributed by atoms with Crippen molar-refractivity contribution in [3.63, 3.8) is 0 Å². The Kier molecular flexibility index (Phi) is 6.40. The van der Waals surface area contributed by atoms with Crippen LogP contribution >= 0.6 is 0 Å². The second-order valence-corrected chi connectivity index (χ2v) is 7.90. The molecule has 146 valence electrons. The summed E-state index contributed by atoms with van der Waals surface area (Å²) in [5.74, 6) is -0.317. The number of rotatable bonds is 7. The summed E-state index contributed by atoms with van der Waals surface area (Å²) in [4.78, 5) is 32.2. The van der Waals surface area contributed by atoms with E-state index in [0.29, 0.717) is 11.5 Å². The Balaban J connectivity index is 1.87. The average Bonchev–Trinajstić information content (AvgIpc) is 2.70. The lowest BCUT2D eigenvalue weighted by Crippen LogP contribution is -2.44. The molecule has 2 aromatic rings. The number of imide groups is 1. The SMILES string of the molecule is CC(C)CC[C@@H](C)N=CC1C(=O)N(Cc2ccccc2)C(=O)c2ccccc21. The van der Waals surface area contributed by atoms with E-state index in [-0.39, 0.29) is 24.4 Å². The number of fused-ring (bicyclic) bond motifs is 1. The van der Waals surface area contributed by atoms with Crippen LogP contribution in [0.15, 0.2) is 59.6 Å². The van der Waals surface area contributed by atoms with Crippen molar-refractivity contribution >= 4 is 18.0 Å². The third-order valence-electron chi connectivity index (χ3n) is 5.14. The first-order valence-corrected chi connectivity index (χ1v) is 9.99. The van der Waals surface area contributed by atoms with Crippen molar-refractivity contribution in [1.29, 1.82) is 0 Å². The first kappa shape index (κ1) is 20.0. The van der Waals surface area contributed by atoms with Gasteiger partial charge >= 0.3 is 0 Å². The molecule has 0 bridgehead atoms. The van der Waals surface area contributed by atoms with Gasteiger partial charge in [0.1, 0.15) is 0 Å². The van der Waals surface area contributed by atoms with Gasteiger partial charge in [-0.15, -0.1) is 0 Å². The highest BCUT2D eigenvalue weighted by molar-refractivity contribution is 6.16. The average molecular weight is 377 g/mol. The third-order valence-corrected chi connectivity index (χ3v) is 5.14. The molecule has 0 saturated carbocycles. The highest BCUT2D eigenvalue weighted by atomic mass is 16.2. The molecule has 4 heteroatoms. The van der Waals surface area contributed by atoms with Crippen LogP contribution in [0.4, 0.5) is 0 Å². The monoisotopic (exact) mass is 376 g/mol. The molecule has 1 unspecified atom stereocenters. The summed E-state index contributed by atoms with van der Waals surface area (Å²) in [6, 6.07) is 17.1. The molecule has 1 heterocycles. The summed E-state index contributed by atoms with van der Waals surface area (Å²) in [7, 11) is 0. The topological polar surface area (TPSA) is 49.7 Å². The maximum Gasteiger partial charge on any atom is 0.261 e. The Morgan fingerprint density at radius 2 is 1.64 bits per heavy atom. The molecule has 0 spiro atoms. The van der Waals surface area contributed by atoms with E-state index in [1.807, 2.05) is 48.5 Å². The number of amides is 2. The van der Waals surface area contributed by atoms with Gasteiger partial charge in [0.2, 0.25) is 5.91 Å². The lowest BCUT2D eigenvalue weighted by atomic mass is 9.89. The van der Waals surface area contributed by atoms with E-state index in [0.717, 1.165) is 24.0 Å². The maximum absolute atomic E-state index is 13.2. The van der Waals surface area contributed by atoms with Crippen molar-refractivity contribution < 1.29 is 9.59 Å². The summed E-state index contributed by atoms with van der Waals surface area (Å²) < 4.78 is 0. The lowest BCUT2D eigenvalue weighted by molar-refractivity contribution is -0.129. The highest BCUT2D eigenvalue weighted by Gasteiger charge is 2.37. The zero-order valence-corrected chi connectivity index (χ0v) is 16.8. The van der Waals surface area contributed by atoms with E-state index < -0.39 is 5.92 Å². The fourth-order valence-corrected chi connectivity index (χ4v) is 3.45. The quantitative estimate of drug-likeness (QED) is 0.512. The van der Waals surface area contributed by atoms with Crippen LogP contribution in [-0.2, 0) is 11.3 Å². The van der Waals surface area contributed by atoms with Crippen molar-refractivity contribution in [2.24, 2.45) is 10.9 Å². The molecule has 28 heavy (non-hydrogen) atoms. The Hall–Kier alpha value is -2.75. The molecule has 0 radical (unpaired) electrons. The minimum atomic E-state index is -0.515. The Morgan fingerprint density at radius 3 is 2.36 bits per heavy atom. The number of carbonyl (C=O) groups excluding carboxylic acids is 2. The zero-order valence-electron chi connectivity index (χ0n) is 16.8. The van der Waals surface area contributed by atoms with Crippen molar-refractivity contribution in [3.05, 3.63) is 71.3 Å². The van der Waals surface area contributed by atoms with E-state index in [1.54, 1.807) is 12.3 Å². The molecule has 1 aliphatic heterocycles. The van der Waals surface area contributed by atoms with Gasteiger partial charge in [0.05, 0.1) is 12.5 Å². The van der Waals surface area contributed by atoms with Gasteiger partial charge in [0, 0.05) is 17.8 Å². The van der Waals surface area contributed by atoms with Gasteiger partial charge in [-0.05, 0) is 42.9 Å². The first-order valence-electron chi connectivity index (χ1n) is 9.99. The summed E-state index contributed by atoms with van der Waals surface area (Å²) >= 11 is 0. The molecule has 4 nitrogen and oxygen atoms in total. The maximum atomic E-state index is 13.2. The van der Waals surface area contributed by atoms with E-state index in [4.69, 9.17) is 0 Å². The molecule has 2 aromatic carbocycles. The van der Waals surface area contributed by atoms with Gasteiger partial charge in [0.25, 0.3) is 5.91 Å². The summed E-state index contributed by atoms with van der Waals surface area (Å²) in [5, 5.41) is 0. The minimum Gasteiger partial charge on any atom is -0.293 e. The number of nitrogens with zero attached hydrogens (tertiary/aromatic N) is 2. The summed E-state index contributed by atoms with van der Waals surface area (Å²) in [6.45, 7) is 6.75.